The minimum Gasteiger partial charge on any atom is -0.368 e. The van der Waals surface area contributed by atoms with Crippen LogP contribution in [0.4, 0.5) is 0 Å². The third-order valence-corrected chi connectivity index (χ3v) is 5.95. The molecule has 1 aliphatic carbocycles. The Kier molecular flexibility index (Phi) is 3.54. The number of rotatable bonds is 3. The molecule has 2 N–H and O–H groups in total. The van der Waals surface area contributed by atoms with Gasteiger partial charge in [0, 0.05) is 11.1 Å². The summed E-state index contributed by atoms with van der Waals surface area (Å²) in [4.78, 5) is 29.6. The molecule has 0 radical (unpaired) electrons. The molecule has 5 rings (SSSR count). The number of primary amides is 1. The number of aryl methyl sites for hydroxylation is 1. The second kappa shape index (κ2) is 5.95. The predicted molar refractivity (Wildman–Crippen MR) is 104 cm³/mol. The molecule has 7 nitrogen and oxygen atoms in total. The predicted octanol–water partition coefficient (Wildman–Crippen LogP) is 2.04. The van der Waals surface area contributed by atoms with Gasteiger partial charge in [0.05, 0.1) is 0 Å². The Morgan fingerprint density at radius 3 is 2.81 bits per heavy atom. The summed E-state index contributed by atoms with van der Waals surface area (Å²) in [6.45, 7) is -0.286. The van der Waals surface area contributed by atoms with Crippen molar-refractivity contribution in [2.24, 2.45) is 5.73 Å². The zero-order chi connectivity index (χ0) is 18.5. The number of carbonyl (C=O) groups excluding carboxylic acids is 1. The van der Waals surface area contributed by atoms with E-state index in [0.717, 1.165) is 51.0 Å². The van der Waals surface area contributed by atoms with Crippen LogP contribution in [0.1, 0.15) is 17.7 Å². The van der Waals surface area contributed by atoms with Crippen LogP contribution >= 0.6 is 11.3 Å². The minimum atomic E-state index is -0.631. The average Bonchev–Trinajstić information content (AvgIpc) is 3.27. The highest BCUT2D eigenvalue weighted by Gasteiger charge is 2.25. The van der Waals surface area contributed by atoms with Gasteiger partial charge in [-0.25, -0.2) is 9.67 Å². The molecule has 0 fully saturated rings. The van der Waals surface area contributed by atoms with Crippen LogP contribution in [0.15, 0.2) is 35.1 Å². The number of fused-ring (bicyclic) bond motifs is 4. The molecule has 3 aromatic heterocycles. The lowest BCUT2D eigenvalue weighted by molar-refractivity contribution is -0.118. The molecular weight excluding hydrogens is 362 g/mol. The summed E-state index contributed by atoms with van der Waals surface area (Å²) in [5, 5.41) is 9.07. The summed E-state index contributed by atoms with van der Waals surface area (Å²) < 4.78 is 1.46. The maximum Gasteiger partial charge on any atom is 0.288 e. The van der Waals surface area contributed by atoms with Gasteiger partial charge in [0.1, 0.15) is 21.6 Å². The summed E-state index contributed by atoms with van der Waals surface area (Å²) >= 11 is 1.31. The molecule has 27 heavy (non-hydrogen) atoms. The van der Waals surface area contributed by atoms with Crippen molar-refractivity contribution in [3.63, 3.8) is 0 Å². The highest BCUT2D eigenvalue weighted by Crippen LogP contribution is 2.42. The van der Waals surface area contributed by atoms with Crippen molar-refractivity contribution in [3.05, 3.63) is 51.9 Å². The third kappa shape index (κ3) is 2.44. The Bertz CT molecular complexity index is 1280. The number of nitrogens with two attached hydrogens (primary N) is 1. The molecule has 0 aliphatic heterocycles. The number of benzene rings is 1. The van der Waals surface area contributed by atoms with E-state index in [1.54, 1.807) is 0 Å². The van der Waals surface area contributed by atoms with Crippen molar-refractivity contribution in [1.82, 2.24) is 20.0 Å². The summed E-state index contributed by atoms with van der Waals surface area (Å²) in [5.74, 6) is -0.631. The van der Waals surface area contributed by atoms with E-state index in [1.165, 1.54) is 16.9 Å². The highest BCUT2D eigenvalue weighted by molar-refractivity contribution is 7.25. The van der Waals surface area contributed by atoms with Gasteiger partial charge in [-0.15, -0.1) is 16.4 Å². The lowest BCUT2D eigenvalue weighted by Crippen LogP contribution is -2.30. The summed E-state index contributed by atoms with van der Waals surface area (Å²) in [6, 6.07) is 10.1. The first-order chi connectivity index (χ1) is 13.1. The van der Waals surface area contributed by atoms with Crippen LogP contribution in [0.25, 0.3) is 31.6 Å². The minimum absolute atomic E-state index is 0.286. The molecule has 0 unspecified atom stereocenters. The highest BCUT2D eigenvalue weighted by atomic mass is 32.1. The Morgan fingerprint density at radius 2 is 2.04 bits per heavy atom. The van der Waals surface area contributed by atoms with E-state index in [9.17, 15) is 9.59 Å². The van der Waals surface area contributed by atoms with E-state index in [0.29, 0.717) is 10.2 Å². The number of amides is 1. The SMILES string of the molecule is NC(=O)Cn1nnc2c(sc3nc4c(c(-c5ccccc5)c32)CCC4)c1=O. The van der Waals surface area contributed by atoms with Crippen LogP contribution in [0.5, 0.6) is 0 Å². The van der Waals surface area contributed by atoms with Crippen molar-refractivity contribution in [1.29, 1.82) is 0 Å². The number of hydrogen-bond acceptors (Lipinski definition) is 6. The van der Waals surface area contributed by atoms with E-state index >= 15 is 0 Å². The fourth-order valence-corrected chi connectivity index (χ4v) is 4.86. The van der Waals surface area contributed by atoms with E-state index in [-0.39, 0.29) is 12.1 Å². The second-order valence-electron chi connectivity index (χ2n) is 6.61. The number of thiophene rings is 1. The first-order valence-corrected chi connectivity index (χ1v) is 9.50. The number of pyridine rings is 1. The van der Waals surface area contributed by atoms with Crippen molar-refractivity contribution in [2.45, 2.75) is 25.8 Å². The summed E-state index contributed by atoms with van der Waals surface area (Å²) in [7, 11) is 0. The smallest absolute Gasteiger partial charge is 0.288 e. The molecule has 1 aliphatic rings. The maximum absolute atomic E-state index is 12.8. The number of aromatic nitrogens is 4. The van der Waals surface area contributed by atoms with Gasteiger partial charge in [-0.05, 0) is 36.0 Å². The lowest BCUT2D eigenvalue weighted by atomic mass is 9.96. The molecule has 1 amide bonds. The fraction of sp³-hybridized carbons (Fsp3) is 0.211. The Labute approximate surface area is 157 Å². The molecule has 8 heteroatoms. The number of nitrogens with zero attached hydrogens (tertiary/aromatic N) is 4. The average molecular weight is 377 g/mol. The Balaban J connectivity index is 1.90. The Morgan fingerprint density at radius 1 is 1.22 bits per heavy atom. The fourth-order valence-electron chi connectivity index (χ4n) is 3.78. The van der Waals surface area contributed by atoms with Gasteiger partial charge in [0.2, 0.25) is 5.91 Å². The van der Waals surface area contributed by atoms with E-state index < -0.39 is 5.91 Å². The normalized spacial score (nSPS) is 13.3. The monoisotopic (exact) mass is 377 g/mol. The van der Waals surface area contributed by atoms with Crippen LogP contribution in [0, 0.1) is 0 Å². The quantitative estimate of drug-likeness (QED) is 0.588. The maximum atomic E-state index is 12.8. The van der Waals surface area contributed by atoms with Gasteiger partial charge in [0.15, 0.2) is 0 Å². The van der Waals surface area contributed by atoms with Crippen molar-refractivity contribution in [3.8, 4) is 11.1 Å². The first kappa shape index (κ1) is 16.1. The molecule has 4 aromatic rings. The van der Waals surface area contributed by atoms with Crippen LogP contribution in [-0.4, -0.2) is 25.9 Å². The van der Waals surface area contributed by atoms with Crippen molar-refractivity contribution >= 4 is 37.7 Å². The van der Waals surface area contributed by atoms with Gasteiger partial charge >= 0.3 is 0 Å². The first-order valence-electron chi connectivity index (χ1n) is 8.69. The molecule has 0 saturated heterocycles. The largest absolute Gasteiger partial charge is 0.368 e. The molecule has 0 saturated carbocycles. The van der Waals surface area contributed by atoms with Crippen LogP contribution < -0.4 is 11.3 Å². The molecular formula is C19H15N5O2S. The lowest BCUT2D eigenvalue weighted by Gasteiger charge is -2.10. The molecule has 0 atom stereocenters. The molecule has 0 bridgehead atoms. The molecule has 0 spiro atoms. The number of carbonyl (C=O) groups is 1. The van der Waals surface area contributed by atoms with E-state index in [2.05, 4.69) is 22.4 Å². The summed E-state index contributed by atoms with van der Waals surface area (Å²) in [5.41, 5.74) is 9.90. The van der Waals surface area contributed by atoms with Gasteiger partial charge < -0.3 is 5.73 Å². The van der Waals surface area contributed by atoms with E-state index in [1.807, 2.05) is 18.2 Å². The zero-order valence-corrected chi connectivity index (χ0v) is 15.1. The van der Waals surface area contributed by atoms with Crippen molar-refractivity contribution < 1.29 is 4.79 Å². The van der Waals surface area contributed by atoms with Crippen LogP contribution in [-0.2, 0) is 24.2 Å². The van der Waals surface area contributed by atoms with Gasteiger partial charge in [-0.1, -0.05) is 35.5 Å². The third-order valence-electron chi connectivity index (χ3n) is 4.89. The standard InChI is InChI=1S/C19H15N5O2S/c20-13(25)9-24-19(26)17-16(22-23-24)15-14(10-5-2-1-3-6-10)11-7-4-8-12(11)21-18(15)27-17/h1-3,5-6H,4,7-9H2,(H2,20,25). The van der Waals surface area contributed by atoms with E-state index in [4.69, 9.17) is 10.7 Å². The van der Waals surface area contributed by atoms with Crippen molar-refractivity contribution in [2.75, 3.05) is 0 Å². The van der Waals surface area contributed by atoms with Crippen LogP contribution in [0.2, 0.25) is 0 Å². The van der Waals surface area contributed by atoms with Gasteiger partial charge in [-0.3, -0.25) is 9.59 Å². The summed E-state index contributed by atoms with van der Waals surface area (Å²) in [6.07, 6.45) is 2.98. The molecule has 3 heterocycles. The molecule has 1 aromatic carbocycles. The molecule has 134 valence electrons. The van der Waals surface area contributed by atoms with Gasteiger partial charge in [0.25, 0.3) is 5.56 Å². The zero-order valence-electron chi connectivity index (χ0n) is 14.3. The number of hydrogen-bond donors (Lipinski definition) is 1. The van der Waals surface area contributed by atoms with Crippen LogP contribution in [0.3, 0.4) is 0 Å². The topological polar surface area (TPSA) is 104 Å². The second-order valence-corrected chi connectivity index (χ2v) is 7.61. The van der Waals surface area contributed by atoms with Gasteiger partial charge in [-0.2, -0.15) is 0 Å². The Hall–Kier alpha value is -3.13.